The van der Waals surface area contributed by atoms with Gasteiger partial charge in [0.25, 0.3) is 0 Å². The molecule has 0 radical (unpaired) electrons. The second kappa shape index (κ2) is 4.94. The number of anilines is 1. The summed E-state index contributed by atoms with van der Waals surface area (Å²) in [6.07, 6.45) is 5.54. The van der Waals surface area contributed by atoms with Crippen LogP contribution in [0, 0.1) is 5.92 Å². The molecule has 3 N–H and O–H groups in total. The molecule has 1 aromatic rings. The third-order valence-corrected chi connectivity index (χ3v) is 3.49. The van der Waals surface area contributed by atoms with Gasteiger partial charge >= 0.3 is 0 Å². The Hall–Kier alpha value is -0.610. The Balaban J connectivity index is 1.99. The van der Waals surface area contributed by atoms with Gasteiger partial charge in [-0.15, -0.1) is 0 Å². The van der Waals surface area contributed by atoms with Gasteiger partial charge in [-0.3, -0.25) is 0 Å². The average molecular weight is 270 g/mol. The Bertz CT molecular complexity index is 312. The molecule has 0 aromatic carbocycles. The molecule has 15 heavy (non-hydrogen) atoms. The van der Waals surface area contributed by atoms with Gasteiger partial charge in [0.1, 0.15) is 5.82 Å². The number of rotatable bonds is 3. The van der Waals surface area contributed by atoms with E-state index >= 15 is 0 Å². The second-order valence-electron chi connectivity index (χ2n) is 4.04. The number of aromatic nitrogens is 1. The number of nitrogens with zero attached hydrogens (tertiary/aromatic N) is 1. The van der Waals surface area contributed by atoms with Crippen LogP contribution in [0.1, 0.15) is 19.3 Å². The number of hydrogen-bond donors (Lipinski definition) is 2. The molecule has 3 nitrogen and oxygen atoms in total. The molecule has 2 atom stereocenters. The van der Waals surface area contributed by atoms with Crippen molar-refractivity contribution in [3.63, 3.8) is 0 Å². The van der Waals surface area contributed by atoms with Gasteiger partial charge in [-0.1, -0.05) is 6.42 Å². The van der Waals surface area contributed by atoms with Crippen LogP contribution in [0.5, 0.6) is 0 Å². The highest BCUT2D eigenvalue weighted by Gasteiger charge is 2.25. The second-order valence-corrected chi connectivity index (χ2v) is 4.95. The smallest absolute Gasteiger partial charge is 0.126 e. The Labute approximate surface area is 98.6 Å². The normalized spacial score (nSPS) is 25.5. The van der Waals surface area contributed by atoms with Gasteiger partial charge in [0.2, 0.25) is 0 Å². The van der Waals surface area contributed by atoms with E-state index in [1.807, 2.05) is 18.3 Å². The first-order valence-corrected chi connectivity index (χ1v) is 6.17. The standard InChI is InChI=1S/C11H16BrN3/c12-9-4-5-11(14-7-9)15-10-3-1-2-8(10)6-13/h4-5,7-8,10H,1-3,6,13H2,(H,14,15). The monoisotopic (exact) mass is 269 g/mol. The molecule has 1 heterocycles. The lowest BCUT2D eigenvalue weighted by molar-refractivity contribution is 0.515. The first-order chi connectivity index (χ1) is 7.29. The molecule has 0 spiro atoms. The minimum atomic E-state index is 0.503. The van der Waals surface area contributed by atoms with Crippen LogP contribution >= 0.6 is 15.9 Å². The van der Waals surface area contributed by atoms with Gasteiger partial charge in [-0.2, -0.15) is 0 Å². The Morgan fingerprint density at radius 1 is 1.47 bits per heavy atom. The molecule has 82 valence electrons. The van der Waals surface area contributed by atoms with Crippen molar-refractivity contribution in [2.45, 2.75) is 25.3 Å². The lowest BCUT2D eigenvalue weighted by atomic mass is 10.0. The molecule has 1 fully saturated rings. The van der Waals surface area contributed by atoms with Gasteiger partial charge < -0.3 is 11.1 Å². The molecular weight excluding hydrogens is 254 g/mol. The Morgan fingerprint density at radius 2 is 2.33 bits per heavy atom. The highest BCUT2D eigenvalue weighted by atomic mass is 79.9. The number of pyridine rings is 1. The molecule has 0 aliphatic heterocycles. The third kappa shape index (κ3) is 2.69. The van der Waals surface area contributed by atoms with Crippen molar-refractivity contribution in [1.29, 1.82) is 0 Å². The molecule has 0 saturated heterocycles. The van der Waals surface area contributed by atoms with E-state index in [1.54, 1.807) is 0 Å². The molecule has 0 bridgehead atoms. The van der Waals surface area contributed by atoms with Crippen LogP contribution in [-0.2, 0) is 0 Å². The summed E-state index contributed by atoms with van der Waals surface area (Å²) < 4.78 is 1.01. The van der Waals surface area contributed by atoms with Crippen LogP contribution in [0.25, 0.3) is 0 Å². The van der Waals surface area contributed by atoms with E-state index < -0.39 is 0 Å². The zero-order valence-electron chi connectivity index (χ0n) is 8.62. The largest absolute Gasteiger partial charge is 0.367 e. The fourth-order valence-electron chi connectivity index (χ4n) is 2.16. The maximum absolute atomic E-state index is 5.73. The zero-order chi connectivity index (χ0) is 10.7. The summed E-state index contributed by atoms with van der Waals surface area (Å²) in [5.74, 6) is 1.55. The predicted octanol–water partition coefficient (Wildman–Crippen LogP) is 2.38. The molecule has 1 aromatic heterocycles. The van der Waals surface area contributed by atoms with Crippen molar-refractivity contribution >= 4 is 21.7 Å². The topological polar surface area (TPSA) is 50.9 Å². The first-order valence-electron chi connectivity index (χ1n) is 5.38. The molecule has 1 aliphatic rings. The van der Waals surface area contributed by atoms with Crippen molar-refractivity contribution in [3.05, 3.63) is 22.8 Å². The maximum atomic E-state index is 5.73. The van der Waals surface area contributed by atoms with E-state index in [4.69, 9.17) is 5.73 Å². The van der Waals surface area contributed by atoms with Crippen molar-refractivity contribution in [1.82, 2.24) is 4.98 Å². The molecule has 0 amide bonds. The SMILES string of the molecule is NCC1CCCC1Nc1ccc(Br)cn1. The highest BCUT2D eigenvalue weighted by molar-refractivity contribution is 9.10. The van der Waals surface area contributed by atoms with E-state index in [0.29, 0.717) is 12.0 Å². The summed E-state index contributed by atoms with van der Waals surface area (Å²) in [6.45, 7) is 0.772. The lowest BCUT2D eigenvalue weighted by Crippen LogP contribution is -2.29. The molecule has 2 rings (SSSR count). The van der Waals surface area contributed by atoms with Crippen LogP contribution in [0.3, 0.4) is 0 Å². The van der Waals surface area contributed by atoms with Crippen LogP contribution in [0.4, 0.5) is 5.82 Å². The summed E-state index contributed by atoms with van der Waals surface area (Å²) in [7, 11) is 0. The van der Waals surface area contributed by atoms with Gasteiger partial charge in [-0.25, -0.2) is 4.98 Å². The number of halogens is 1. The van der Waals surface area contributed by atoms with Crippen molar-refractivity contribution in [2.24, 2.45) is 11.7 Å². The minimum absolute atomic E-state index is 0.503. The van der Waals surface area contributed by atoms with Gasteiger partial charge in [0.15, 0.2) is 0 Å². The van der Waals surface area contributed by atoms with E-state index in [1.165, 1.54) is 19.3 Å². The van der Waals surface area contributed by atoms with Crippen molar-refractivity contribution in [2.75, 3.05) is 11.9 Å². The van der Waals surface area contributed by atoms with Crippen LogP contribution in [0.15, 0.2) is 22.8 Å². The van der Waals surface area contributed by atoms with Crippen molar-refractivity contribution in [3.8, 4) is 0 Å². The molecular formula is C11H16BrN3. The van der Waals surface area contributed by atoms with Gasteiger partial charge in [0.05, 0.1) is 0 Å². The zero-order valence-corrected chi connectivity index (χ0v) is 10.2. The third-order valence-electron chi connectivity index (χ3n) is 3.02. The quantitative estimate of drug-likeness (QED) is 0.886. The highest BCUT2D eigenvalue weighted by Crippen LogP contribution is 2.27. The first kappa shape index (κ1) is 10.9. The molecule has 4 heteroatoms. The Morgan fingerprint density at radius 3 is 3.00 bits per heavy atom. The van der Waals surface area contributed by atoms with E-state index in [0.717, 1.165) is 16.8 Å². The number of nitrogens with two attached hydrogens (primary N) is 1. The summed E-state index contributed by atoms with van der Waals surface area (Å²) in [5, 5.41) is 3.46. The van der Waals surface area contributed by atoms with E-state index in [9.17, 15) is 0 Å². The van der Waals surface area contributed by atoms with Gasteiger partial charge in [0, 0.05) is 16.7 Å². The number of nitrogens with one attached hydrogen (secondary N) is 1. The fourth-order valence-corrected chi connectivity index (χ4v) is 2.39. The molecule has 1 saturated carbocycles. The summed E-state index contributed by atoms with van der Waals surface area (Å²) in [5.41, 5.74) is 5.73. The number of hydrogen-bond acceptors (Lipinski definition) is 3. The van der Waals surface area contributed by atoms with E-state index in [-0.39, 0.29) is 0 Å². The summed E-state index contributed by atoms with van der Waals surface area (Å²) in [6, 6.07) is 4.50. The van der Waals surface area contributed by atoms with Crippen molar-refractivity contribution < 1.29 is 0 Å². The summed E-state index contributed by atoms with van der Waals surface area (Å²) in [4.78, 5) is 4.31. The Kier molecular flexibility index (Phi) is 3.59. The maximum Gasteiger partial charge on any atom is 0.126 e. The predicted molar refractivity (Wildman–Crippen MR) is 65.7 cm³/mol. The molecule has 2 unspecified atom stereocenters. The van der Waals surface area contributed by atoms with E-state index in [2.05, 4.69) is 26.2 Å². The fraction of sp³-hybridized carbons (Fsp3) is 0.545. The summed E-state index contributed by atoms with van der Waals surface area (Å²) >= 11 is 3.37. The lowest BCUT2D eigenvalue weighted by Gasteiger charge is -2.19. The average Bonchev–Trinajstić information content (AvgIpc) is 2.69. The van der Waals surface area contributed by atoms with Gasteiger partial charge in [-0.05, 0) is 53.4 Å². The van der Waals surface area contributed by atoms with Crippen LogP contribution in [-0.4, -0.2) is 17.6 Å². The van der Waals surface area contributed by atoms with Crippen LogP contribution in [0.2, 0.25) is 0 Å². The molecule has 1 aliphatic carbocycles. The minimum Gasteiger partial charge on any atom is -0.367 e. The van der Waals surface area contributed by atoms with Crippen LogP contribution < -0.4 is 11.1 Å².